The van der Waals surface area contributed by atoms with Crippen molar-refractivity contribution in [2.75, 3.05) is 33.9 Å². The molecule has 2 aliphatic heterocycles. The van der Waals surface area contributed by atoms with E-state index in [1.165, 1.54) is 0 Å². The van der Waals surface area contributed by atoms with E-state index >= 15 is 0 Å². The van der Waals surface area contributed by atoms with Crippen LogP contribution in [0.5, 0.6) is 5.75 Å². The Morgan fingerprint density at radius 3 is 2.88 bits per heavy atom. The number of methoxy groups -OCH3 is 2. The topological polar surface area (TPSA) is 69.5 Å². The third-order valence-electron chi connectivity index (χ3n) is 5.46. The average Bonchev–Trinajstić information content (AvgIpc) is 3.29. The van der Waals surface area contributed by atoms with E-state index in [1.807, 2.05) is 29.2 Å². The number of nitrogens with zero attached hydrogens (tertiary/aromatic N) is 4. The maximum atomic E-state index is 12.4. The standard InChI is InChI=1S/C19H24N4O3/c1-25-10-9-18(24)22-11-13-7-8-17-20-21-19(23(17)15(13)12-22)14-5-3-4-6-16(14)26-2/h3-6,13,15H,7-12H2,1-2H3/t13-,15+/m1/s1. The molecule has 3 heterocycles. The molecule has 1 aromatic carbocycles. The van der Waals surface area contributed by atoms with E-state index in [2.05, 4.69) is 14.8 Å². The van der Waals surface area contributed by atoms with Crippen LogP contribution >= 0.6 is 0 Å². The highest BCUT2D eigenvalue weighted by atomic mass is 16.5. The number of hydrogen-bond acceptors (Lipinski definition) is 5. The number of ether oxygens (including phenoxy) is 2. The molecule has 1 aromatic heterocycles. The van der Waals surface area contributed by atoms with E-state index in [1.54, 1.807) is 14.2 Å². The second kappa shape index (κ2) is 7.07. The number of fused-ring (bicyclic) bond motifs is 3. The minimum Gasteiger partial charge on any atom is -0.496 e. The van der Waals surface area contributed by atoms with Gasteiger partial charge in [0, 0.05) is 26.6 Å². The Kier molecular flexibility index (Phi) is 4.63. The van der Waals surface area contributed by atoms with Gasteiger partial charge in [-0.15, -0.1) is 10.2 Å². The van der Waals surface area contributed by atoms with Gasteiger partial charge in [-0.1, -0.05) is 12.1 Å². The molecule has 2 aliphatic rings. The molecule has 7 heteroatoms. The molecule has 0 aliphatic carbocycles. The van der Waals surface area contributed by atoms with Crippen LogP contribution in [0, 0.1) is 5.92 Å². The summed E-state index contributed by atoms with van der Waals surface area (Å²) in [7, 11) is 3.29. The van der Waals surface area contributed by atoms with Crippen molar-refractivity contribution in [2.45, 2.75) is 25.3 Å². The van der Waals surface area contributed by atoms with E-state index in [0.29, 0.717) is 25.5 Å². The zero-order valence-electron chi connectivity index (χ0n) is 15.2. The van der Waals surface area contributed by atoms with E-state index in [0.717, 1.165) is 42.3 Å². The van der Waals surface area contributed by atoms with Crippen LogP contribution in [0.3, 0.4) is 0 Å². The van der Waals surface area contributed by atoms with Crippen LogP contribution in [-0.4, -0.2) is 59.5 Å². The summed E-state index contributed by atoms with van der Waals surface area (Å²) < 4.78 is 12.8. The molecule has 0 unspecified atom stereocenters. The number of carbonyl (C=O) groups is 1. The molecule has 26 heavy (non-hydrogen) atoms. The van der Waals surface area contributed by atoms with Crippen molar-refractivity contribution in [1.29, 1.82) is 0 Å². The molecule has 0 saturated carbocycles. The predicted octanol–water partition coefficient (Wildman–Crippen LogP) is 1.94. The lowest BCUT2D eigenvalue weighted by Crippen LogP contribution is -2.30. The van der Waals surface area contributed by atoms with Gasteiger partial charge in [-0.3, -0.25) is 4.79 Å². The van der Waals surface area contributed by atoms with Crippen molar-refractivity contribution in [2.24, 2.45) is 5.92 Å². The number of likely N-dealkylation sites (tertiary alicyclic amines) is 1. The summed E-state index contributed by atoms with van der Waals surface area (Å²) in [6.45, 7) is 1.98. The first kappa shape index (κ1) is 17.0. The first-order valence-electron chi connectivity index (χ1n) is 9.06. The second-order valence-corrected chi connectivity index (χ2v) is 6.92. The van der Waals surface area contributed by atoms with Gasteiger partial charge in [0.1, 0.15) is 11.6 Å². The summed E-state index contributed by atoms with van der Waals surface area (Å²) in [6.07, 6.45) is 2.37. The van der Waals surface area contributed by atoms with E-state index < -0.39 is 0 Å². The lowest BCUT2D eigenvalue weighted by atomic mass is 9.93. The molecule has 2 atom stereocenters. The van der Waals surface area contributed by atoms with Crippen molar-refractivity contribution in [3.8, 4) is 17.1 Å². The van der Waals surface area contributed by atoms with E-state index in [4.69, 9.17) is 9.47 Å². The fourth-order valence-electron chi connectivity index (χ4n) is 4.15. The summed E-state index contributed by atoms with van der Waals surface area (Å²) >= 11 is 0. The highest BCUT2D eigenvalue weighted by Crippen LogP contribution is 2.40. The minimum absolute atomic E-state index is 0.162. The lowest BCUT2D eigenvalue weighted by Gasteiger charge is -2.27. The summed E-state index contributed by atoms with van der Waals surface area (Å²) in [5.74, 6) is 3.22. The van der Waals surface area contributed by atoms with Crippen molar-refractivity contribution in [1.82, 2.24) is 19.7 Å². The van der Waals surface area contributed by atoms with Gasteiger partial charge in [0.25, 0.3) is 0 Å². The Balaban J connectivity index is 1.65. The predicted molar refractivity (Wildman–Crippen MR) is 95.9 cm³/mol. The van der Waals surface area contributed by atoms with Gasteiger partial charge in [-0.05, 0) is 24.5 Å². The Bertz CT molecular complexity index is 804. The first-order chi connectivity index (χ1) is 12.7. The van der Waals surface area contributed by atoms with Gasteiger partial charge in [0.15, 0.2) is 5.82 Å². The van der Waals surface area contributed by atoms with Crippen molar-refractivity contribution in [3.63, 3.8) is 0 Å². The Hall–Kier alpha value is -2.41. The second-order valence-electron chi connectivity index (χ2n) is 6.92. The van der Waals surface area contributed by atoms with Crippen LogP contribution < -0.4 is 4.74 Å². The van der Waals surface area contributed by atoms with Gasteiger partial charge in [0.2, 0.25) is 5.91 Å². The average molecular weight is 356 g/mol. The fourth-order valence-corrected chi connectivity index (χ4v) is 4.15. The van der Waals surface area contributed by atoms with Crippen LogP contribution in [0.15, 0.2) is 24.3 Å². The van der Waals surface area contributed by atoms with E-state index in [9.17, 15) is 4.79 Å². The van der Waals surface area contributed by atoms with Gasteiger partial charge in [0.05, 0.1) is 31.7 Å². The number of benzene rings is 1. The summed E-state index contributed by atoms with van der Waals surface area (Å²) in [6, 6.07) is 8.10. The molecular weight excluding hydrogens is 332 g/mol. The van der Waals surface area contributed by atoms with Crippen molar-refractivity contribution < 1.29 is 14.3 Å². The van der Waals surface area contributed by atoms with Crippen LogP contribution in [-0.2, 0) is 16.0 Å². The Morgan fingerprint density at radius 1 is 1.23 bits per heavy atom. The third kappa shape index (κ3) is 2.86. The monoisotopic (exact) mass is 356 g/mol. The molecular formula is C19H24N4O3. The Morgan fingerprint density at radius 2 is 2.08 bits per heavy atom. The van der Waals surface area contributed by atoms with Gasteiger partial charge in [-0.25, -0.2) is 0 Å². The van der Waals surface area contributed by atoms with Gasteiger partial charge < -0.3 is 18.9 Å². The molecule has 2 aromatic rings. The molecule has 0 bridgehead atoms. The summed E-state index contributed by atoms with van der Waals surface area (Å²) in [4.78, 5) is 14.4. The van der Waals surface area contributed by atoms with Crippen LogP contribution in [0.4, 0.5) is 0 Å². The molecule has 1 fully saturated rings. The summed E-state index contributed by atoms with van der Waals surface area (Å²) in [5.41, 5.74) is 0.943. The maximum absolute atomic E-state index is 12.4. The maximum Gasteiger partial charge on any atom is 0.224 e. The van der Waals surface area contributed by atoms with Crippen LogP contribution in [0.2, 0.25) is 0 Å². The molecule has 138 valence electrons. The number of aromatic nitrogens is 3. The number of aryl methyl sites for hydroxylation is 1. The SMILES string of the molecule is COCCC(=O)N1C[C@H]2CCc3nnc(-c4ccccc4OC)n3[C@H]2C1. The van der Waals surface area contributed by atoms with Crippen LogP contribution in [0.25, 0.3) is 11.4 Å². The van der Waals surface area contributed by atoms with Crippen LogP contribution in [0.1, 0.15) is 24.7 Å². The third-order valence-corrected chi connectivity index (χ3v) is 5.46. The number of para-hydroxylation sites is 1. The number of hydrogen-bond donors (Lipinski definition) is 0. The molecule has 0 N–H and O–H groups in total. The molecule has 0 radical (unpaired) electrons. The lowest BCUT2D eigenvalue weighted by molar-refractivity contribution is -0.131. The molecule has 1 amide bonds. The number of amides is 1. The molecule has 0 spiro atoms. The van der Waals surface area contributed by atoms with Crippen molar-refractivity contribution >= 4 is 5.91 Å². The number of rotatable bonds is 5. The fraction of sp³-hybridized carbons (Fsp3) is 0.526. The number of carbonyl (C=O) groups excluding carboxylic acids is 1. The van der Waals surface area contributed by atoms with Gasteiger partial charge in [-0.2, -0.15) is 0 Å². The zero-order valence-corrected chi connectivity index (χ0v) is 15.2. The first-order valence-corrected chi connectivity index (χ1v) is 9.06. The largest absolute Gasteiger partial charge is 0.496 e. The Labute approximate surface area is 152 Å². The minimum atomic E-state index is 0.162. The highest BCUT2D eigenvalue weighted by Gasteiger charge is 2.41. The molecule has 4 rings (SSSR count). The zero-order chi connectivity index (χ0) is 18.1. The highest BCUT2D eigenvalue weighted by molar-refractivity contribution is 5.76. The van der Waals surface area contributed by atoms with Crippen molar-refractivity contribution in [3.05, 3.63) is 30.1 Å². The molecule has 1 saturated heterocycles. The van der Waals surface area contributed by atoms with Gasteiger partial charge >= 0.3 is 0 Å². The normalized spacial score (nSPS) is 21.4. The summed E-state index contributed by atoms with van der Waals surface area (Å²) in [5, 5.41) is 8.89. The molecule has 7 nitrogen and oxygen atoms in total. The van der Waals surface area contributed by atoms with E-state index in [-0.39, 0.29) is 11.9 Å². The quantitative estimate of drug-likeness (QED) is 0.819. The smallest absolute Gasteiger partial charge is 0.224 e.